The lowest BCUT2D eigenvalue weighted by Gasteiger charge is -2.43. The predicted molar refractivity (Wildman–Crippen MR) is 68.6 cm³/mol. The van der Waals surface area contributed by atoms with E-state index in [1.165, 1.54) is 0 Å². The largest absolute Gasteiger partial charge is 0.394 e. The van der Waals surface area contributed by atoms with Gasteiger partial charge in [0.05, 0.1) is 13.2 Å². The summed E-state index contributed by atoms with van der Waals surface area (Å²) >= 11 is 0. The van der Waals surface area contributed by atoms with Crippen molar-refractivity contribution in [3.63, 3.8) is 0 Å². The summed E-state index contributed by atoms with van der Waals surface area (Å²) in [5.74, 6) is -2.22. The van der Waals surface area contributed by atoms with Gasteiger partial charge in [0.15, 0.2) is 6.29 Å². The van der Waals surface area contributed by atoms with Crippen molar-refractivity contribution in [2.75, 3.05) is 19.8 Å². The molecule has 2 heterocycles. The Morgan fingerprint density at radius 1 is 0.783 bits per heavy atom. The minimum absolute atomic E-state index is 0.669. The third kappa shape index (κ3) is 3.23. The summed E-state index contributed by atoms with van der Waals surface area (Å²) in [7, 11) is 0. The third-order valence-electron chi connectivity index (χ3n) is 4.07. The lowest BCUT2D eigenvalue weighted by Crippen LogP contribution is -2.62. The zero-order chi connectivity index (χ0) is 17.4. The first-order chi connectivity index (χ1) is 10.8. The van der Waals surface area contributed by atoms with Crippen LogP contribution < -0.4 is 0 Å². The molecule has 11 nitrogen and oxygen atoms in total. The summed E-state index contributed by atoms with van der Waals surface area (Å²) in [6.07, 6.45) is -12.7. The summed E-state index contributed by atoms with van der Waals surface area (Å²) in [6, 6.07) is 0. The molecule has 9 atom stereocenters. The smallest absolute Gasteiger partial charge is 0.224 e. The van der Waals surface area contributed by atoms with Crippen LogP contribution in [0.5, 0.6) is 0 Å². The average molecular weight is 342 g/mol. The highest BCUT2D eigenvalue weighted by molar-refractivity contribution is 4.98. The molecule has 0 saturated carbocycles. The highest BCUT2D eigenvalue weighted by Gasteiger charge is 2.58. The molecule has 2 rings (SSSR count). The summed E-state index contributed by atoms with van der Waals surface area (Å²) in [5.41, 5.74) is 0. The minimum atomic E-state index is -2.22. The van der Waals surface area contributed by atoms with Gasteiger partial charge in [-0.15, -0.1) is 0 Å². The Labute approximate surface area is 130 Å². The fourth-order valence-electron chi connectivity index (χ4n) is 2.63. The van der Waals surface area contributed by atoms with Crippen LogP contribution in [0.15, 0.2) is 0 Å². The lowest BCUT2D eigenvalue weighted by atomic mass is 9.99. The summed E-state index contributed by atoms with van der Waals surface area (Å²) in [6.45, 7) is -2.32. The molecular formula is C12H22O11. The van der Waals surface area contributed by atoms with Crippen molar-refractivity contribution >= 4 is 0 Å². The third-order valence-corrected chi connectivity index (χ3v) is 4.07. The molecule has 0 unspecified atom stereocenters. The summed E-state index contributed by atoms with van der Waals surface area (Å²) in [5, 5.41) is 76.7. The van der Waals surface area contributed by atoms with E-state index in [0.29, 0.717) is 0 Å². The maximum atomic E-state index is 10.00. The zero-order valence-corrected chi connectivity index (χ0v) is 12.0. The molecule has 0 bridgehead atoms. The van der Waals surface area contributed by atoms with E-state index in [2.05, 4.69) is 0 Å². The monoisotopic (exact) mass is 342 g/mol. The molecule has 23 heavy (non-hydrogen) atoms. The number of rotatable bonds is 5. The van der Waals surface area contributed by atoms with Gasteiger partial charge in [-0.05, 0) is 0 Å². The number of aliphatic hydroxyl groups excluding tert-OH is 8. The van der Waals surface area contributed by atoms with E-state index in [9.17, 15) is 30.6 Å². The molecule has 2 aliphatic rings. The van der Waals surface area contributed by atoms with Crippen LogP contribution in [0.25, 0.3) is 0 Å². The van der Waals surface area contributed by atoms with E-state index in [1.54, 1.807) is 0 Å². The summed E-state index contributed by atoms with van der Waals surface area (Å²) < 4.78 is 15.4. The van der Waals surface area contributed by atoms with Crippen molar-refractivity contribution in [3.8, 4) is 0 Å². The van der Waals surface area contributed by atoms with Gasteiger partial charge in [0.2, 0.25) is 5.79 Å². The second-order valence-electron chi connectivity index (χ2n) is 5.56. The van der Waals surface area contributed by atoms with Crippen LogP contribution in [0.1, 0.15) is 0 Å². The Balaban J connectivity index is 2.18. The lowest BCUT2D eigenvalue weighted by molar-refractivity contribution is -0.383. The van der Waals surface area contributed by atoms with Crippen molar-refractivity contribution in [1.29, 1.82) is 0 Å². The summed E-state index contributed by atoms with van der Waals surface area (Å²) in [4.78, 5) is 0. The molecule has 136 valence electrons. The molecule has 11 heteroatoms. The van der Waals surface area contributed by atoms with Gasteiger partial charge in [0, 0.05) is 0 Å². The molecule has 0 aliphatic carbocycles. The molecule has 0 aromatic rings. The van der Waals surface area contributed by atoms with E-state index in [4.69, 9.17) is 24.4 Å². The van der Waals surface area contributed by atoms with E-state index >= 15 is 0 Å². The van der Waals surface area contributed by atoms with Crippen molar-refractivity contribution in [2.24, 2.45) is 0 Å². The van der Waals surface area contributed by atoms with Crippen LogP contribution in [-0.2, 0) is 14.2 Å². The molecule has 8 N–H and O–H groups in total. The zero-order valence-electron chi connectivity index (χ0n) is 12.0. The normalized spacial score (nSPS) is 51.1. The number of hydrogen-bond donors (Lipinski definition) is 8. The van der Waals surface area contributed by atoms with Crippen molar-refractivity contribution in [2.45, 2.75) is 54.8 Å². The first kappa shape index (κ1) is 18.9. The second kappa shape index (κ2) is 7.21. The SMILES string of the molecule is OC[C@@H]1O[C@@H](O[C@]2(CO)O[C@@H](CO)[C@H](O)[C@H]2O)[C@@H](O)[C@H](O)[C@H]1O. The van der Waals surface area contributed by atoms with E-state index in [-0.39, 0.29) is 0 Å². The molecule has 0 amide bonds. The topological polar surface area (TPSA) is 190 Å². The van der Waals surface area contributed by atoms with Crippen LogP contribution in [0.4, 0.5) is 0 Å². The maximum Gasteiger partial charge on any atom is 0.224 e. The molecule has 2 fully saturated rings. The number of ether oxygens (including phenoxy) is 3. The van der Waals surface area contributed by atoms with E-state index in [1.807, 2.05) is 0 Å². The van der Waals surface area contributed by atoms with Crippen LogP contribution in [0.3, 0.4) is 0 Å². The standard InChI is InChI=1S/C12H22O11/c13-1-4-6(16)8(18)9(19)11(21-4)23-12(3-15)10(20)7(17)5(2-14)22-12/h4-11,13-20H,1-3H2/t4-,5-,6-,7-,8+,9-,10+,11-,12-/m0/s1. The van der Waals surface area contributed by atoms with Gasteiger partial charge in [-0.2, -0.15) is 0 Å². The van der Waals surface area contributed by atoms with Gasteiger partial charge < -0.3 is 55.1 Å². The van der Waals surface area contributed by atoms with Gasteiger partial charge in [-0.3, -0.25) is 0 Å². The van der Waals surface area contributed by atoms with Crippen LogP contribution in [0, 0.1) is 0 Å². The Kier molecular flexibility index (Phi) is 5.92. The molecule has 2 aliphatic heterocycles. The van der Waals surface area contributed by atoms with Crippen LogP contribution in [0.2, 0.25) is 0 Å². The first-order valence-electron chi connectivity index (χ1n) is 7.05. The van der Waals surface area contributed by atoms with E-state index < -0.39 is 74.6 Å². The Morgan fingerprint density at radius 2 is 1.39 bits per heavy atom. The molecule has 2 saturated heterocycles. The fraction of sp³-hybridized carbons (Fsp3) is 1.00. The van der Waals surface area contributed by atoms with Gasteiger partial charge in [-0.1, -0.05) is 0 Å². The molecule has 0 aromatic carbocycles. The highest BCUT2D eigenvalue weighted by atomic mass is 16.8. The Bertz CT molecular complexity index is 393. The van der Waals surface area contributed by atoms with Crippen molar-refractivity contribution < 1.29 is 55.1 Å². The van der Waals surface area contributed by atoms with Crippen LogP contribution in [-0.4, -0.2) is 115 Å². The highest BCUT2D eigenvalue weighted by Crippen LogP contribution is 2.35. The average Bonchev–Trinajstić information content (AvgIpc) is 2.80. The molecular weight excluding hydrogens is 320 g/mol. The number of aliphatic hydroxyl groups is 8. The fourth-order valence-corrected chi connectivity index (χ4v) is 2.63. The van der Waals surface area contributed by atoms with Crippen molar-refractivity contribution in [1.82, 2.24) is 0 Å². The van der Waals surface area contributed by atoms with Crippen molar-refractivity contribution in [3.05, 3.63) is 0 Å². The quantitative estimate of drug-likeness (QED) is 0.238. The minimum Gasteiger partial charge on any atom is -0.394 e. The van der Waals surface area contributed by atoms with Gasteiger partial charge in [0.1, 0.15) is 49.3 Å². The maximum absolute atomic E-state index is 10.00. The van der Waals surface area contributed by atoms with Gasteiger partial charge >= 0.3 is 0 Å². The first-order valence-corrected chi connectivity index (χ1v) is 7.05. The second-order valence-corrected chi connectivity index (χ2v) is 5.56. The molecule has 0 aromatic heterocycles. The Hall–Kier alpha value is -0.440. The van der Waals surface area contributed by atoms with E-state index in [0.717, 1.165) is 0 Å². The Morgan fingerprint density at radius 3 is 1.87 bits per heavy atom. The molecule has 0 spiro atoms. The predicted octanol–water partition coefficient (Wildman–Crippen LogP) is -5.40. The van der Waals surface area contributed by atoms with Gasteiger partial charge in [0.25, 0.3) is 0 Å². The van der Waals surface area contributed by atoms with Gasteiger partial charge in [-0.25, -0.2) is 0 Å². The molecule has 0 radical (unpaired) electrons. The van der Waals surface area contributed by atoms with Crippen LogP contribution >= 0.6 is 0 Å². The number of hydrogen-bond acceptors (Lipinski definition) is 11.